The average molecular weight is 647 g/mol. The number of likely N-dealkylation sites (N-methyl/N-ethyl adjacent to an activating group) is 1. The van der Waals surface area contributed by atoms with Crippen LogP contribution in [-0.4, -0.2) is 68.5 Å². The standard InChI is InChI=1S/C35H71N2O6P/c1-6-8-10-12-14-16-17-18-19-21-23-25-27-29-35(39)36-33(32-43-44(40,41)42-31-30-37(3,4)5)34(38)28-26-24-22-20-15-13-11-9-7-2/h26,28,33-34,38H,6-25,27,29-32H2,1-5H3,(H-,36,39,40,41)/b28-26+. The summed E-state index contributed by atoms with van der Waals surface area (Å²) >= 11 is 0. The number of aliphatic hydroxyl groups excluding tert-OH is 1. The third kappa shape index (κ3) is 29.9. The Hall–Kier alpha value is -0.760. The Morgan fingerprint density at radius 2 is 1.23 bits per heavy atom. The molecule has 3 unspecified atom stereocenters. The molecule has 0 saturated carbocycles. The van der Waals surface area contributed by atoms with E-state index in [-0.39, 0.29) is 19.1 Å². The van der Waals surface area contributed by atoms with Crippen LogP contribution >= 0.6 is 7.82 Å². The number of phosphoric ester groups is 1. The van der Waals surface area contributed by atoms with Gasteiger partial charge in [0, 0.05) is 6.42 Å². The molecule has 0 spiro atoms. The number of hydrogen-bond donors (Lipinski definition) is 2. The first kappa shape index (κ1) is 43.2. The molecular formula is C35H71N2O6P. The van der Waals surface area contributed by atoms with Gasteiger partial charge in [0.15, 0.2) is 0 Å². The van der Waals surface area contributed by atoms with Gasteiger partial charge in [0.1, 0.15) is 13.2 Å². The Balaban J connectivity index is 4.52. The summed E-state index contributed by atoms with van der Waals surface area (Å²) in [5, 5.41) is 13.6. The van der Waals surface area contributed by atoms with Crippen LogP contribution in [0.5, 0.6) is 0 Å². The summed E-state index contributed by atoms with van der Waals surface area (Å²) in [5.74, 6) is -0.201. The van der Waals surface area contributed by atoms with Crippen molar-refractivity contribution in [3.8, 4) is 0 Å². The Morgan fingerprint density at radius 1 is 0.773 bits per heavy atom. The zero-order valence-electron chi connectivity index (χ0n) is 29.4. The van der Waals surface area contributed by atoms with E-state index in [0.717, 1.165) is 38.5 Å². The Labute approximate surface area is 272 Å². The number of rotatable bonds is 32. The highest BCUT2D eigenvalue weighted by atomic mass is 31.2. The summed E-state index contributed by atoms with van der Waals surface area (Å²) in [7, 11) is 1.26. The van der Waals surface area contributed by atoms with E-state index in [1.54, 1.807) is 6.08 Å². The van der Waals surface area contributed by atoms with Crippen molar-refractivity contribution in [1.29, 1.82) is 0 Å². The molecule has 3 atom stereocenters. The fourth-order valence-electron chi connectivity index (χ4n) is 5.03. The molecule has 2 N–H and O–H groups in total. The number of allylic oxidation sites excluding steroid dienone is 1. The Kier molecular flexibility index (Phi) is 28.0. The fourth-order valence-corrected chi connectivity index (χ4v) is 5.76. The summed E-state index contributed by atoms with van der Waals surface area (Å²) in [5.41, 5.74) is 0. The topological polar surface area (TPSA) is 108 Å². The van der Waals surface area contributed by atoms with E-state index in [1.165, 1.54) is 96.3 Å². The maximum atomic E-state index is 12.7. The molecule has 0 aliphatic heterocycles. The van der Waals surface area contributed by atoms with Crippen LogP contribution in [0.15, 0.2) is 12.2 Å². The molecule has 44 heavy (non-hydrogen) atoms. The molecule has 262 valence electrons. The lowest BCUT2D eigenvalue weighted by atomic mass is 10.0. The predicted molar refractivity (Wildman–Crippen MR) is 182 cm³/mol. The number of carbonyl (C=O) groups is 1. The summed E-state index contributed by atoms with van der Waals surface area (Å²) in [6.45, 7) is 4.59. The molecule has 9 heteroatoms. The van der Waals surface area contributed by atoms with E-state index in [9.17, 15) is 19.4 Å². The second-order valence-electron chi connectivity index (χ2n) is 13.6. The van der Waals surface area contributed by atoms with Crippen molar-refractivity contribution < 1.29 is 32.9 Å². The number of nitrogens with zero attached hydrogens (tertiary/aromatic N) is 1. The summed E-state index contributed by atoms with van der Waals surface area (Å²) in [6.07, 6.45) is 28.2. The van der Waals surface area contributed by atoms with Gasteiger partial charge in [0.2, 0.25) is 5.91 Å². The molecule has 0 bridgehead atoms. The van der Waals surface area contributed by atoms with Crippen molar-refractivity contribution in [1.82, 2.24) is 5.32 Å². The third-order valence-electron chi connectivity index (χ3n) is 8.00. The number of aliphatic hydroxyl groups is 1. The van der Waals surface area contributed by atoms with Crippen molar-refractivity contribution >= 4 is 13.7 Å². The smallest absolute Gasteiger partial charge is 0.268 e. The number of quaternary nitrogens is 1. The maximum Gasteiger partial charge on any atom is 0.268 e. The van der Waals surface area contributed by atoms with Crippen molar-refractivity contribution in [2.24, 2.45) is 0 Å². The van der Waals surface area contributed by atoms with Gasteiger partial charge in [-0.2, -0.15) is 0 Å². The maximum absolute atomic E-state index is 12.7. The van der Waals surface area contributed by atoms with Gasteiger partial charge >= 0.3 is 0 Å². The third-order valence-corrected chi connectivity index (χ3v) is 8.96. The first-order valence-corrected chi connectivity index (χ1v) is 19.5. The lowest BCUT2D eigenvalue weighted by Crippen LogP contribution is -2.45. The molecule has 1 amide bonds. The van der Waals surface area contributed by atoms with Crippen molar-refractivity contribution in [2.75, 3.05) is 40.9 Å². The first-order valence-electron chi connectivity index (χ1n) is 18.1. The highest BCUT2D eigenvalue weighted by Gasteiger charge is 2.23. The van der Waals surface area contributed by atoms with Gasteiger partial charge in [-0.15, -0.1) is 0 Å². The molecule has 0 aliphatic rings. The SMILES string of the molecule is CCCCCCCCC/C=C/C(O)C(COP(=O)([O-])OCC[N+](C)(C)C)NC(=O)CCCCCCCCCCCCCCC. The number of carbonyl (C=O) groups excluding carboxylic acids is 1. The molecule has 0 aliphatic carbocycles. The van der Waals surface area contributed by atoms with Gasteiger partial charge < -0.3 is 28.8 Å². The molecular weight excluding hydrogens is 575 g/mol. The zero-order chi connectivity index (χ0) is 32.9. The Bertz CT molecular complexity index is 743. The predicted octanol–water partition coefficient (Wildman–Crippen LogP) is 8.22. The van der Waals surface area contributed by atoms with Gasteiger partial charge in [-0.1, -0.05) is 142 Å². The largest absolute Gasteiger partial charge is 0.756 e. The van der Waals surface area contributed by atoms with Crippen LogP contribution in [0.4, 0.5) is 0 Å². The molecule has 0 aromatic carbocycles. The zero-order valence-corrected chi connectivity index (χ0v) is 30.3. The molecule has 8 nitrogen and oxygen atoms in total. The summed E-state index contributed by atoms with van der Waals surface area (Å²) < 4.78 is 23.0. The van der Waals surface area contributed by atoms with Gasteiger partial charge in [-0.25, -0.2) is 0 Å². The minimum Gasteiger partial charge on any atom is -0.756 e. The quantitative estimate of drug-likeness (QED) is 0.0330. The molecule has 0 radical (unpaired) electrons. The van der Waals surface area contributed by atoms with Gasteiger partial charge in [0.05, 0.1) is 39.9 Å². The monoisotopic (exact) mass is 647 g/mol. The van der Waals surface area contributed by atoms with Crippen LogP contribution in [0.3, 0.4) is 0 Å². The first-order chi connectivity index (χ1) is 21.0. The minimum atomic E-state index is -4.57. The van der Waals surface area contributed by atoms with Gasteiger partial charge in [-0.05, 0) is 19.3 Å². The molecule has 0 aromatic rings. The van der Waals surface area contributed by atoms with Crippen LogP contribution in [0.2, 0.25) is 0 Å². The van der Waals surface area contributed by atoms with E-state index >= 15 is 0 Å². The summed E-state index contributed by atoms with van der Waals surface area (Å²) in [6, 6.07) is -0.876. The lowest BCUT2D eigenvalue weighted by Gasteiger charge is -2.29. The van der Waals surface area contributed by atoms with Crippen LogP contribution in [0.25, 0.3) is 0 Å². The second kappa shape index (κ2) is 28.5. The molecule has 0 rings (SSSR count). The molecule has 0 aromatic heterocycles. The van der Waals surface area contributed by atoms with Crippen LogP contribution in [0, 0.1) is 0 Å². The van der Waals surface area contributed by atoms with Crippen LogP contribution in [0.1, 0.15) is 155 Å². The normalized spacial score (nSPS) is 15.0. The number of phosphoric acid groups is 1. The average Bonchev–Trinajstić information content (AvgIpc) is 2.95. The fraction of sp³-hybridized carbons (Fsp3) is 0.914. The highest BCUT2D eigenvalue weighted by molar-refractivity contribution is 7.45. The second-order valence-corrected chi connectivity index (χ2v) is 15.0. The van der Waals surface area contributed by atoms with E-state index in [1.807, 2.05) is 27.2 Å². The number of nitrogens with one attached hydrogen (secondary N) is 1. The lowest BCUT2D eigenvalue weighted by molar-refractivity contribution is -0.870. The van der Waals surface area contributed by atoms with Gasteiger partial charge in [-0.3, -0.25) is 9.36 Å². The Morgan fingerprint density at radius 3 is 1.70 bits per heavy atom. The highest BCUT2D eigenvalue weighted by Crippen LogP contribution is 2.38. The molecule has 0 saturated heterocycles. The van der Waals surface area contributed by atoms with Crippen molar-refractivity contribution in [2.45, 2.75) is 167 Å². The minimum absolute atomic E-state index is 0.00124. The van der Waals surface area contributed by atoms with Gasteiger partial charge in [0.25, 0.3) is 7.82 Å². The molecule has 0 heterocycles. The molecule has 0 fully saturated rings. The number of amides is 1. The van der Waals surface area contributed by atoms with Crippen LogP contribution in [-0.2, 0) is 18.4 Å². The number of unbranched alkanes of at least 4 members (excludes halogenated alkanes) is 19. The van der Waals surface area contributed by atoms with E-state index in [2.05, 4.69) is 19.2 Å². The number of hydrogen-bond acceptors (Lipinski definition) is 6. The van der Waals surface area contributed by atoms with E-state index in [4.69, 9.17) is 9.05 Å². The van der Waals surface area contributed by atoms with Crippen molar-refractivity contribution in [3.05, 3.63) is 12.2 Å². The summed E-state index contributed by atoms with van der Waals surface area (Å²) in [4.78, 5) is 25.0. The van der Waals surface area contributed by atoms with Crippen molar-refractivity contribution in [3.63, 3.8) is 0 Å². The van der Waals surface area contributed by atoms with E-state index in [0.29, 0.717) is 17.4 Å². The van der Waals surface area contributed by atoms with Crippen LogP contribution < -0.4 is 10.2 Å². The van der Waals surface area contributed by atoms with E-state index < -0.39 is 20.0 Å².